The Kier molecular flexibility index (Phi) is 2.86. The first-order chi connectivity index (χ1) is 9.81. The van der Waals surface area contributed by atoms with Crippen LogP contribution in [0.25, 0.3) is 0 Å². The summed E-state index contributed by atoms with van der Waals surface area (Å²) in [7, 11) is 0. The highest BCUT2D eigenvalue weighted by atomic mass is 32.1. The topological polar surface area (TPSA) is 32.3 Å². The summed E-state index contributed by atoms with van der Waals surface area (Å²) in [6, 6.07) is 12.7. The van der Waals surface area contributed by atoms with Crippen LogP contribution in [0.2, 0.25) is 0 Å². The smallest absolute Gasteiger partial charge is 0.230 e. The van der Waals surface area contributed by atoms with Crippen LogP contribution in [-0.2, 0) is 11.3 Å². The predicted molar refractivity (Wildman–Crippen MR) is 80.9 cm³/mol. The zero-order chi connectivity index (χ0) is 13.5. The molecule has 1 aromatic heterocycles. The number of hydrogen-bond acceptors (Lipinski definition) is 3. The number of nitrogens with one attached hydrogen (secondary N) is 1. The molecular weight excluding hydrogens is 268 g/mol. The number of rotatable bonds is 2. The first kappa shape index (κ1) is 12.1. The Labute approximate surface area is 122 Å². The van der Waals surface area contributed by atoms with E-state index in [1.54, 1.807) is 11.3 Å². The fourth-order valence-corrected chi connectivity index (χ4v) is 4.22. The number of carbonyl (C=O) groups excluding carboxylic acids is 1. The van der Waals surface area contributed by atoms with Gasteiger partial charge in [-0.1, -0.05) is 30.3 Å². The molecule has 2 aliphatic heterocycles. The molecule has 0 aliphatic carbocycles. The van der Waals surface area contributed by atoms with Crippen molar-refractivity contribution in [3.05, 3.63) is 52.9 Å². The number of amides is 1. The van der Waals surface area contributed by atoms with Gasteiger partial charge in [0.15, 0.2) is 0 Å². The Balaban J connectivity index is 1.57. The van der Waals surface area contributed by atoms with Crippen LogP contribution in [0, 0.1) is 5.92 Å². The SMILES string of the molecule is O=C1Nc2sccc2[C@H]2CN(Cc3ccccc3)C[C@@H]12. The number of thiophene rings is 1. The molecule has 1 saturated heterocycles. The molecule has 0 saturated carbocycles. The van der Waals surface area contributed by atoms with Crippen LogP contribution >= 0.6 is 11.3 Å². The number of benzene rings is 1. The van der Waals surface area contributed by atoms with E-state index in [4.69, 9.17) is 0 Å². The van der Waals surface area contributed by atoms with Gasteiger partial charge in [-0.25, -0.2) is 0 Å². The molecule has 4 rings (SSSR count). The van der Waals surface area contributed by atoms with Crippen LogP contribution in [0.5, 0.6) is 0 Å². The molecule has 0 radical (unpaired) electrons. The number of hydrogen-bond donors (Lipinski definition) is 1. The van der Waals surface area contributed by atoms with E-state index in [-0.39, 0.29) is 11.8 Å². The summed E-state index contributed by atoms with van der Waals surface area (Å²) >= 11 is 1.63. The highest BCUT2D eigenvalue weighted by molar-refractivity contribution is 7.14. The van der Waals surface area contributed by atoms with Crippen LogP contribution in [0.3, 0.4) is 0 Å². The van der Waals surface area contributed by atoms with E-state index in [1.807, 2.05) is 6.07 Å². The van der Waals surface area contributed by atoms with Crippen LogP contribution in [0.1, 0.15) is 17.0 Å². The van der Waals surface area contributed by atoms with Crippen LogP contribution in [0.15, 0.2) is 41.8 Å². The van der Waals surface area contributed by atoms with Gasteiger partial charge in [-0.05, 0) is 22.6 Å². The van der Waals surface area contributed by atoms with E-state index < -0.39 is 0 Å². The molecule has 1 amide bonds. The third kappa shape index (κ3) is 1.96. The Hall–Kier alpha value is -1.65. The summed E-state index contributed by atoms with van der Waals surface area (Å²) in [6.07, 6.45) is 0. The number of nitrogens with zero attached hydrogens (tertiary/aromatic N) is 1. The van der Waals surface area contributed by atoms with Gasteiger partial charge < -0.3 is 5.32 Å². The molecule has 4 heteroatoms. The van der Waals surface area contributed by atoms with E-state index in [1.165, 1.54) is 11.1 Å². The second kappa shape index (κ2) is 4.72. The van der Waals surface area contributed by atoms with Gasteiger partial charge in [0.2, 0.25) is 5.91 Å². The predicted octanol–water partition coefficient (Wildman–Crippen LogP) is 2.92. The minimum atomic E-state index is 0.112. The molecule has 0 bridgehead atoms. The lowest BCUT2D eigenvalue weighted by Gasteiger charge is -2.24. The zero-order valence-electron chi connectivity index (χ0n) is 11.1. The summed E-state index contributed by atoms with van der Waals surface area (Å²) in [5, 5.41) is 6.18. The van der Waals surface area contributed by atoms with Crippen molar-refractivity contribution in [2.24, 2.45) is 5.92 Å². The van der Waals surface area contributed by atoms with Crippen molar-refractivity contribution in [1.82, 2.24) is 4.90 Å². The Morgan fingerprint density at radius 3 is 2.80 bits per heavy atom. The fourth-order valence-electron chi connectivity index (χ4n) is 3.35. The number of fused-ring (bicyclic) bond motifs is 3. The maximum absolute atomic E-state index is 12.2. The van der Waals surface area contributed by atoms with Gasteiger partial charge in [-0.15, -0.1) is 11.3 Å². The van der Waals surface area contributed by atoms with E-state index in [0.29, 0.717) is 5.92 Å². The van der Waals surface area contributed by atoms with Crippen LogP contribution in [-0.4, -0.2) is 23.9 Å². The molecule has 1 N–H and O–H groups in total. The van der Waals surface area contributed by atoms with Gasteiger partial charge >= 0.3 is 0 Å². The van der Waals surface area contributed by atoms with Crippen molar-refractivity contribution < 1.29 is 4.79 Å². The van der Waals surface area contributed by atoms with Crippen molar-refractivity contribution in [1.29, 1.82) is 0 Å². The Morgan fingerprint density at radius 2 is 1.95 bits per heavy atom. The summed E-state index contributed by atoms with van der Waals surface area (Å²) in [6.45, 7) is 2.78. The quantitative estimate of drug-likeness (QED) is 0.919. The molecule has 3 heterocycles. The molecule has 2 aromatic rings. The lowest BCUT2D eigenvalue weighted by Crippen LogP contribution is -2.32. The van der Waals surface area contributed by atoms with Gasteiger partial charge in [0.25, 0.3) is 0 Å². The lowest BCUT2D eigenvalue weighted by molar-refractivity contribution is -0.120. The monoisotopic (exact) mass is 284 g/mol. The molecule has 2 atom stereocenters. The van der Waals surface area contributed by atoms with Crippen LogP contribution < -0.4 is 5.32 Å². The molecular formula is C16H16N2OS. The molecule has 102 valence electrons. The molecule has 0 unspecified atom stereocenters. The highest BCUT2D eigenvalue weighted by Gasteiger charge is 2.42. The van der Waals surface area contributed by atoms with E-state index in [9.17, 15) is 4.79 Å². The second-order valence-corrected chi connectivity index (χ2v) is 6.50. The summed E-state index contributed by atoms with van der Waals surface area (Å²) in [5.41, 5.74) is 2.65. The van der Waals surface area contributed by atoms with Gasteiger partial charge in [0, 0.05) is 25.6 Å². The van der Waals surface area contributed by atoms with Crippen molar-refractivity contribution >= 4 is 22.2 Å². The number of likely N-dealkylation sites (tertiary alicyclic amines) is 1. The number of carbonyl (C=O) groups is 1. The van der Waals surface area contributed by atoms with Gasteiger partial charge in [-0.3, -0.25) is 9.69 Å². The van der Waals surface area contributed by atoms with Crippen molar-refractivity contribution in [3.63, 3.8) is 0 Å². The molecule has 1 fully saturated rings. The number of anilines is 1. The maximum Gasteiger partial charge on any atom is 0.230 e. The second-order valence-electron chi connectivity index (χ2n) is 5.59. The van der Waals surface area contributed by atoms with Crippen molar-refractivity contribution in [3.8, 4) is 0 Å². The highest BCUT2D eigenvalue weighted by Crippen LogP contribution is 2.43. The molecule has 0 spiro atoms. The molecule has 1 aromatic carbocycles. The Morgan fingerprint density at radius 1 is 1.15 bits per heavy atom. The van der Waals surface area contributed by atoms with Crippen LogP contribution in [0.4, 0.5) is 5.00 Å². The van der Waals surface area contributed by atoms with Gasteiger partial charge in [0.1, 0.15) is 0 Å². The average molecular weight is 284 g/mol. The maximum atomic E-state index is 12.2. The lowest BCUT2D eigenvalue weighted by atomic mass is 9.87. The standard InChI is InChI=1S/C16H16N2OS/c19-15-14-10-18(8-11-4-2-1-3-5-11)9-13(14)12-6-7-20-16(12)17-15/h1-7,13-14H,8-10H2,(H,17,19)/t13-,14-/m1/s1. The first-order valence-corrected chi connectivity index (χ1v) is 7.84. The summed E-state index contributed by atoms with van der Waals surface area (Å²) in [4.78, 5) is 14.6. The third-order valence-corrected chi connectivity index (χ3v) is 5.16. The average Bonchev–Trinajstić information content (AvgIpc) is 3.06. The molecule has 2 aliphatic rings. The van der Waals surface area contributed by atoms with Gasteiger partial charge in [-0.2, -0.15) is 0 Å². The fraction of sp³-hybridized carbons (Fsp3) is 0.312. The Bertz CT molecular complexity index is 637. The largest absolute Gasteiger partial charge is 0.317 e. The van der Waals surface area contributed by atoms with Crippen molar-refractivity contribution in [2.45, 2.75) is 12.5 Å². The normalized spacial score (nSPS) is 25.1. The van der Waals surface area contributed by atoms with E-state index in [0.717, 1.165) is 24.6 Å². The summed E-state index contributed by atoms with van der Waals surface area (Å²) in [5.74, 6) is 0.676. The van der Waals surface area contributed by atoms with Crippen molar-refractivity contribution in [2.75, 3.05) is 18.4 Å². The molecule has 20 heavy (non-hydrogen) atoms. The molecule has 3 nitrogen and oxygen atoms in total. The minimum Gasteiger partial charge on any atom is -0.317 e. The first-order valence-electron chi connectivity index (χ1n) is 6.96. The zero-order valence-corrected chi connectivity index (χ0v) is 11.9. The van der Waals surface area contributed by atoms with E-state index in [2.05, 4.69) is 45.9 Å². The summed E-state index contributed by atoms with van der Waals surface area (Å²) < 4.78 is 0. The minimum absolute atomic E-state index is 0.112. The third-order valence-electron chi connectivity index (χ3n) is 4.31. The van der Waals surface area contributed by atoms with Gasteiger partial charge in [0.05, 0.1) is 10.9 Å². The van der Waals surface area contributed by atoms with E-state index >= 15 is 0 Å².